The van der Waals surface area contributed by atoms with Crippen LogP contribution in [-0.2, 0) is 11.8 Å². The minimum Gasteiger partial charge on any atom is -0.370 e. The molecule has 1 saturated carbocycles. The summed E-state index contributed by atoms with van der Waals surface area (Å²) in [6.45, 7) is 0.966. The van der Waals surface area contributed by atoms with Crippen LogP contribution in [0.4, 0.5) is 5.82 Å². The van der Waals surface area contributed by atoms with Crippen LogP contribution in [0, 0.1) is 17.2 Å². The van der Waals surface area contributed by atoms with Crippen molar-refractivity contribution in [3.05, 3.63) is 59.3 Å². The van der Waals surface area contributed by atoms with Crippen molar-refractivity contribution in [1.29, 1.82) is 5.26 Å². The summed E-state index contributed by atoms with van der Waals surface area (Å²) in [5.41, 5.74) is 4.15. The molecule has 3 nitrogen and oxygen atoms in total. The minimum absolute atomic E-state index is 0.411. The zero-order valence-electron chi connectivity index (χ0n) is 12.5. The summed E-state index contributed by atoms with van der Waals surface area (Å²) in [5, 5.41) is 12.2. The molecule has 1 spiro atoms. The van der Waals surface area contributed by atoms with Gasteiger partial charge >= 0.3 is 0 Å². The van der Waals surface area contributed by atoms with E-state index < -0.39 is 0 Å². The zero-order chi connectivity index (χ0) is 15.0. The Hall–Kier alpha value is -2.34. The molecule has 3 heteroatoms. The molecule has 1 aromatic carbocycles. The van der Waals surface area contributed by atoms with Crippen LogP contribution < -0.4 is 5.32 Å². The van der Waals surface area contributed by atoms with Gasteiger partial charge in [-0.1, -0.05) is 24.3 Å². The average Bonchev–Trinajstić information content (AvgIpc) is 3.27. The highest BCUT2D eigenvalue weighted by Gasteiger charge is 2.55. The fourth-order valence-corrected chi connectivity index (χ4v) is 4.03. The number of nitriles is 1. The highest BCUT2D eigenvalue weighted by atomic mass is 15.0. The van der Waals surface area contributed by atoms with Crippen molar-refractivity contribution in [1.82, 2.24) is 4.98 Å². The Morgan fingerprint density at radius 1 is 1.27 bits per heavy atom. The molecule has 1 N–H and O–H groups in total. The Kier molecular flexibility index (Phi) is 3.11. The Bertz CT molecular complexity index is 729. The predicted molar refractivity (Wildman–Crippen MR) is 86.6 cm³/mol. The van der Waals surface area contributed by atoms with Gasteiger partial charge in [0.15, 0.2) is 0 Å². The number of anilines is 1. The van der Waals surface area contributed by atoms with Gasteiger partial charge in [0.2, 0.25) is 0 Å². The first-order valence-electron chi connectivity index (χ1n) is 8.00. The van der Waals surface area contributed by atoms with E-state index in [1.165, 1.54) is 25.7 Å². The lowest BCUT2D eigenvalue weighted by molar-refractivity contribution is 0.503. The van der Waals surface area contributed by atoms with Gasteiger partial charge in [0.25, 0.3) is 0 Å². The molecule has 1 fully saturated rings. The van der Waals surface area contributed by atoms with Gasteiger partial charge in [0.05, 0.1) is 5.56 Å². The molecule has 1 heterocycles. The maximum Gasteiger partial charge on any atom is 0.125 e. The molecular formula is C19H19N3. The second kappa shape index (κ2) is 5.14. The topological polar surface area (TPSA) is 48.7 Å². The summed E-state index contributed by atoms with van der Waals surface area (Å²) in [6, 6.07) is 14.8. The molecule has 2 aliphatic rings. The van der Waals surface area contributed by atoms with E-state index >= 15 is 0 Å². The van der Waals surface area contributed by atoms with Crippen LogP contribution in [0.3, 0.4) is 0 Å². The number of rotatable bonds is 3. The van der Waals surface area contributed by atoms with Gasteiger partial charge in [-0.15, -0.1) is 0 Å². The fourth-order valence-electron chi connectivity index (χ4n) is 4.03. The molecule has 1 aromatic heterocycles. The first kappa shape index (κ1) is 13.3. The molecule has 110 valence electrons. The highest BCUT2D eigenvalue weighted by molar-refractivity contribution is 5.44. The Balaban J connectivity index is 1.45. The van der Waals surface area contributed by atoms with Crippen molar-refractivity contribution < 1.29 is 0 Å². The molecule has 22 heavy (non-hydrogen) atoms. The number of pyridine rings is 1. The minimum atomic E-state index is 0.411. The van der Waals surface area contributed by atoms with Crippen LogP contribution in [0.15, 0.2) is 42.6 Å². The molecular weight excluding hydrogens is 270 g/mol. The average molecular weight is 289 g/mol. The molecule has 0 saturated heterocycles. The Labute approximate surface area is 131 Å². The van der Waals surface area contributed by atoms with Gasteiger partial charge in [-0.3, -0.25) is 0 Å². The third-order valence-corrected chi connectivity index (χ3v) is 5.28. The van der Waals surface area contributed by atoms with E-state index in [2.05, 4.69) is 40.6 Å². The van der Waals surface area contributed by atoms with E-state index in [0.29, 0.717) is 16.9 Å². The third-order valence-electron chi connectivity index (χ3n) is 5.28. The SMILES string of the molecule is N#Cc1ccc(NCC2CC23CCCc2ccccc23)nc1. The second-order valence-corrected chi connectivity index (χ2v) is 6.49. The molecule has 0 amide bonds. The molecule has 2 aliphatic carbocycles. The van der Waals surface area contributed by atoms with Gasteiger partial charge in [-0.2, -0.15) is 5.26 Å². The number of fused-ring (bicyclic) bond motifs is 2. The van der Waals surface area contributed by atoms with Crippen LogP contribution in [0.2, 0.25) is 0 Å². The molecule has 0 bridgehead atoms. The lowest BCUT2D eigenvalue weighted by atomic mass is 9.78. The summed E-state index contributed by atoms with van der Waals surface area (Å²) in [7, 11) is 0. The van der Waals surface area contributed by atoms with Gasteiger partial charge < -0.3 is 5.32 Å². The first-order chi connectivity index (χ1) is 10.8. The second-order valence-electron chi connectivity index (χ2n) is 6.49. The summed E-state index contributed by atoms with van der Waals surface area (Å²) in [4.78, 5) is 4.29. The van der Waals surface area contributed by atoms with Crippen LogP contribution >= 0.6 is 0 Å². The summed E-state index contributed by atoms with van der Waals surface area (Å²) >= 11 is 0. The number of benzene rings is 1. The number of nitrogens with one attached hydrogen (secondary N) is 1. The fraction of sp³-hybridized carbons (Fsp3) is 0.368. The Morgan fingerprint density at radius 3 is 3.00 bits per heavy atom. The lowest BCUT2D eigenvalue weighted by Crippen LogP contribution is -2.21. The van der Waals surface area contributed by atoms with E-state index in [-0.39, 0.29) is 0 Å². The predicted octanol–water partition coefficient (Wildman–Crippen LogP) is 3.66. The summed E-state index contributed by atoms with van der Waals surface area (Å²) in [5.74, 6) is 1.57. The third kappa shape index (κ3) is 2.16. The van der Waals surface area contributed by atoms with Crippen LogP contribution in [0.5, 0.6) is 0 Å². The van der Waals surface area contributed by atoms with Crippen molar-refractivity contribution in [2.75, 3.05) is 11.9 Å². The van der Waals surface area contributed by atoms with Gasteiger partial charge in [0.1, 0.15) is 11.9 Å². The van der Waals surface area contributed by atoms with Crippen molar-refractivity contribution in [3.8, 4) is 6.07 Å². The highest BCUT2D eigenvalue weighted by Crippen LogP contribution is 2.60. The van der Waals surface area contributed by atoms with Crippen LogP contribution in [0.25, 0.3) is 0 Å². The van der Waals surface area contributed by atoms with Gasteiger partial charge in [0, 0.05) is 18.2 Å². The standard InChI is InChI=1S/C19H19N3/c20-11-14-7-8-18(21-12-14)22-13-16-10-19(16)9-3-5-15-4-1-2-6-17(15)19/h1-2,4,6-8,12,16H,3,5,9-10,13H2,(H,21,22). The van der Waals surface area contributed by atoms with Gasteiger partial charge in [-0.05, 0) is 54.9 Å². The number of hydrogen-bond donors (Lipinski definition) is 1. The molecule has 2 unspecified atom stereocenters. The largest absolute Gasteiger partial charge is 0.370 e. The number of aryl methyl sites for hydroxylation is 1. The maximum atomic E-state index is 8.81. The number of hydrogen-bond acceptors (Lipinski definition) is 3. The van der Waals surface area contributed by atoms with E-state index in [1.54, 1.807) is 17.3 Å². The van der Waals surface area contributed by atoms with E-state index in [1.807, 2.05) is 12.1 Å². The lowest BCUT2D eigenvalue weighted by Gasteiger charge is -2.26. The summed E-state index contributed by atoms with van der Waals surface area (Å²) in [6.07, 6.45) is 6.77. The van der Waals surface area contributed by atoms with Crippen molar-refractivity contribution in [2.24, 2.45) is 5.92 Å². The molecule has 2 atom stereocenters. The van der Waals surface area contributed by atoms with Crippen molar-refractivity contribution in [2.45, 2.75) is 31.1 Å². The van der Waals surface area contributed by atoms with E-state index in [0.717, 1.165) is 12.4 Å². The zero-order valence-corrected chi connectivity index (χ0v) is 12.5. The molecule has 2 aromatic rings. The van der Waals surface area contributed by atoms with E-state index in [4.69, 9.17) is 5.26 Å². The van der Waals surface area contributed by atoms with Gasteiger partial charge in [-0.25, -0.2) is 4.98 Å². The van der Waals surface area contributed by atoms with Crippen LogP contribution in [-0.4, -0.2) is 11.5 Å². The number of aromatic nitrogens is 1. The maximum absolute atomic E-state index is 8.81. The normalized spacial score (nSPS) is 25.3. The monoisotopic (exact) mass is 289 g/mol. The van der Waals surface area contributed by atoms with Crippen molar-refractivity contribution >= 4 is 5.82 Å². The molecule has 0 radical (unpaired) electrons. The van der Waals surface area contributed by atoms with Crippen LogP contribution in [0.1, 0.15) is 36.0 Å². The Morgan fingerprint density at radius 2 is 2.18 bits per heavy atom. The van der Waals surface area contributed by atoms with Crippen molar-refractivity contribution in [3.63, 3.8) is 0 Å². The molecule has 4 rings (SSSR count). The smallest absolute Gasteiger partial charge is 0.125 e. The number of nitrogens with zero attached hydrogens (tertiary/aromatic N) is 2. The summed E-state index contributed by atoms with van der Waals surface area (Å²) < 4.78 is 0. The quantitative estimate of drug-likeness (QED) is 0.938. The van der Waals surface area contributed by atoms with E-state index in [9.17, 15) is 0 Å². The molecule has 0 aliphatic heterocycles. The first-order valence-corrected chi connectivity index (χ1v) is 8.00.